The fraction of sp³-hybridized carbons (Fsp3) is 0.303. The van der Waals surface area contributed by atoms with Crippen LogP contribution in [0.15, 0.2) is 83.3 Å². The zero-order valence-corrected chi connectivity index (χ0v) is 24.2. The Morgan fingerprint density at radius 2 is 1.62 bits per heavy atom. The minimum Gasteiger partial charge on any atom is -0.493 e. The van der Waals surface area contributed by atoms with Crippen LogP contribution >= 0.6 is 0 Å². The zero-order chi connectivity index (χ0) is 30.3. The summed E-state index contributed by atoms with van der Waals surface area (Å²) in [6.07, 6.45) is -0.173. The number of amides is 1. The Balaban J connectivity index is 1.41. The van der Waals surface area contributed by atoms with Gasteiger partial charge in [-0.25, -0.2) is 19.0 Å². The quantitative estimate of drug-likeness (QED) is 0.209. The number of aromatic nitrogens is 1. The van der Waals surface area contributed by atoms with Gasteiger partial charge >= 0.3 is 12.1 Å². The molecule has 220 valence electrons. The summed E-state index contributed by atoms with van der Waals surface area (Å²) in [6, 6.07) is 21.1. The average Bonchev–Trinajstić information content (AvgIpc) is 3.32. The monoisotopic (exact) mass is 574 g/mol. The Morgan fingerprint density at radius 3 is 2.24 bits per heavy atom. The summed E-state index contributed by atoms with van der Waals surface area (Å²) in [7, 11) is 0. The molecule has 0 aliphatic rings. The predicted molar refractivity (Wildman–Crippen MR) is 156 cm³/mol. The third-order valence-electron chi connectivity index (χ3n) is 6.43. The van der Waals surface area contributed by atoms with Crippen molar-refractivity contribution in [3.8, 4) is 17.2 Å². The van der Waals surface area contributed by atoms with Crippen LogP contribution in [0.3, 0.4) is 0 Å². The Morgan fingerprint density at radius 1 is 0.976 bits per heavy atom. The van der Waals surface area contributed by atoms with Crippen LogP contribution in [0, 0.1) is 12.7 Å². The van der Waals surface area contributed by atoms with Crippen LogP contribution < -0.4 is 4.74 Å². The maximum absolute atomic E-state index is 13.4. The van der Waals surface area contributed by atoms with Crippen LogP contribution in [0.5, 0.6) is 5.75 Å². The van der Waals surface area contributed by atoms with Crippen LogP contribution in [0.1, 0.15) is 43.4 Å². The molecule has 0 radical (unpaired) electrons. The molecule has 0 saturated carbocycles. The van der Waals surface area contributed by atoms with Crippen LogP contribution in [0.4, 0.5) is 9.18 Å². The normalized spacial score (nSPS) is 12.0. The summed E-state index contributed by atoms with van der Waals surface area (Å²) < 4.78 is 30.7. The molecule has 1 atom stereocenters. The number of carboxylic acids is 1. The summed E-state index contributed by atoms with van der Waals surface area (Å²) in [4.78, 5) is 31.2. The third-order valence-corrected chi connectivity index (χ3v) is 6.43. The maximum Gasteiger partial charge on any atom is 0.411 e. The number of halogens is 1. The van der Waals surface area contributed by atoms with Crippen molar-refractivity contribution in [3.63, 3.8) is 0 Å². The Labute approximate surface area is 244 Å². The molecule has 4 rings (SSSR count). The van der Waals surface area contributed by atoms with Gasteiger partial charge in [0.25, 0.3) is 0 Å². The molecule has 1 unspecified atom stereocenters. The highest BCUT2D eigenvalue weighted by atomic mass is 19.1. The molecule has 9 heteroatoms. The van der Waals surface area contributed by atoms with Gasteiger partial charge < -0.3 is 19.0 Å². The second-order valence-electron chi connectivity index (χ2n) is 10.9. The number of ether oxygens (including phenoxy) is 2. The van der Waals surface area contributed by atoms with Gasteiger partial charge in [0, 0.05) is 24.9 Å². The number of oxazole rings is 1. The van der Waals surface area contributed by atoms with E-state index in [0.717, 1.165) is 21.9 Å². The van der Waals surface area contributed by atoms with Gasteiger partial charge in [0.05, 0.1) is 12.3 Å². The molecule has 3 aromatic carbocycles. The molecule has 1 amide bonds. The van der Waals surface area contributed by atoms with E-state index in [-0.39, 0.29) is 13.0 Å². The number of hydrogen-bond donors (Lipinski definition) is 1. The molecule has 1 heterocycles. The van der Waals surface area contributed by atoms with E-state index in [2.05, 4.69) is 4.98 Å². The first-order valence-corrected chi connectivity index (χ1v) is 13.7. The minimum absolute atomic E-state index is 0.0381. The Hall–Kier alpha value is -4.66. The maximum atomic E-state index is 13.4. The summed E-state index contributed by atoms with van der Waals surface area (Å²) in [6.45, 7) is 7.33. The van der Waals surface area contributed by atoms with Gasteiger partial charge in [-0.2, -0.15) is 0 Å². The highest BCUT2D eigenvalue weighted by Crippen LogP contribution is 2.23. The second kappa shape index (κ2) is 13.3. The lowest BCUT2D eigenvalue weighted by Crippen LogP contribution is -2.47. The predicted octanol–water partition coefficient (Wildman–Crippen LogP) is 6.84. The molecule has 1 aromatic heterocycles. The number of carbonyl (C=O) groups excluding carboxylic acids is 1. The summed E-state index contributed by atoms with van der Waals surface area (Å²) in [5.74, 6) is 0.322. The standard InChI is InChI=1S/C33H35FN2O6/c1-22-28(35-30(41-22)25-8-6-5-7-9-25)18-19-40-27-16-12-23(13-17-27)20-29(31(37)38)36(32(39)42-33(2,3)4)21-24-10-14-26(34)15-11-24/h5-17,29H,18-21H2,1-4H3,(H,37,38). The van der Waals surface area contributed by atoms with Gasteiger partial charge in [-0.05, 0) is 75.2 Å². The average molecular weight is 575 g/mol. The first kappa shape index (κ1) is 30.3. The topological polar surface area (TPSA) is 102 Å². The van der Waals surface area contributed by atoms with Crippen molar-refractivity contribution in [2.24, 2.45) is 0 Å². The molecule has 0 fully saturated rings. The van der Waals surface area contributed by atoms with Crippen molar-refractivity contribution in [1.29, 1.82) is 0 Å². The molecule has 0 aliphatic carbocycles. The molecule has 0 aliphatic heterocycles. The van der Waals surface area contributed by atoms with Gasteiger partial charge in [-0.1, -0.05) is 42.5 Å². The van der Waals surface area contributed by atoms with E-state index in [9.17, 15) is 19.1 Å². The van der Waals surface area contributed by atoms with Crippen molar-refractivity contribution >= 4 is 12.1 Å². The smallest absolute Gasteiger partial charge is 0.411 e. The van der Waals surface area contributed by atoms with Crippen LogP contribution in [-0.2, 0) is 28.9 Å². The SMILES string of the molecule is Cc1oc(-c2ccccc2)nc1CCOc1ccc(CC(C(=O)O)N(Cc2ccc(F)cc2)C(=O)OC(C)(C)C)cc1. The number of carbonyl (C=O) groups is 2. The first-order chi connectivity index (χ1) is 20.0. The van der Waals surface area contributed by atoms with Crippen molar-refractivity contribution in [2.45, 2.75) is 58.7 Å². The molecular weight excluding hydrogens is 539 g/mol. The van der Waals surface area contributed by atoms with E-state index in [1.807, 2.05) is 37.3 Å². The molecule has 0 spiro atoms. The fourth-order valence-electron chi connectivity index (χ4n) is 4.31. The van der Waals surface area contributed by atoms with E-state index in [1.54, 1.807) is 45.0 Å². The van der Waals surface area contributed by atoms with Crippen molar-refractivity contribution < 1.29 is 33.0 Å². The van der Waals surface area contributed by atoms with E-state index >= 15 is 0 Å². The fourth-order valence-corrected chi connectivity index (χ4v) is 4.31. The van der Waals surface area contributed by atoms with Crippen LogP contribution in [0.2, 0.25) is 0 Å². The van der Waals surface area contributed by atoms with Crippen LogP contribution in [0.25, 0.3) is 11.5 Å². The van der Waals surface area contributed by atoms with Gasteiger partial charge in [0.15, 0.2) is 0 Å². The largest absolute Gasteiger partial charge is 0.493 e. The molecular formula is C33H35FN2O6. The number of nitrogens with zero attached hydrogens (tertiary/aromatic N) is 2. The molecule has 42 heavy (non-hydrogen) atoms. The zero-order valence-electron chi connectivity index (χ0n) is 24.2. The minimum atomic E-state index is -1.22. The summed E-state index contributed by atoms with van der Waals surface area (Å²) in [5.41, 5.74) is 2.18. The van der Waals surface area contributed by atoms with Gasteiger partial charge in [0.2, 0.25) is 5.89 Å². The second-order valence-corrected chi connectivity index (χ2v) is 10.9. The van der Waals surface area contributed by atoms with E-state index in [4.69, 9.17) is 13.9 Å². The highest BCUT2D eigenvalue weighted by molar-refractivity contribution is 5.80. The van der Waals surface area contributed by atoms with Crippen molar-refractivity contribution in [3.05, 3.63) is 107 Å². The number of rotatable bonds is 11. The lowest BCUT2D eigenvalue weighted by molar-refractivity contribution is -0.143. The van der Waals surface area contributed by atoms with E-state index < -0.39 is 29.5 Å². The lowest BCUT2D eigenvalue weighted by atomic mass is 10.0. The Bertz CT molecular complexity index is 1480. The third kappa shape index (κ3) is 8.42. The molecule has 4 aromatic rings. The van der Waals surface area contributed by atoms with Crippen molar-refractivity contribution in [2.75, 3.05) is 6.61 Å². The van der Waals surface area contributed by atoms with Crippen LogP contribution in [-0.4, -0.2) is 45.3 Å². The summed E-state index contributed by atoms with van der Waals surface area (Å²) in [5, 5.41) is 10.1. The highest BCUT2D eigenvalue weighted by Gasteiger charge is 2.33. The molecule has 1 N–H and O–H groups in total. The number of benzene rings is 3. The molecule has 0 saturated heterocycles. The summed E-state index contributed by atoms with van der Waals surface area (Å²) >= 11 is 0. The van der Waals surface area contributed by atoms with E-state index in [1.165, 1.54) is 24.3 Å². The number of hydrogen-bond acceptors (Lipinski definition) is 6. The van der Waals surface area contributed by atoms with Gasteiger partial charge in [-0.3, -0.25) is 4.90 Å². The molecule has 8 nitrogen and oxygen atoms in total. The van der Waals surface area contributed by atoms with Gasteiger partial charge in [0.1, 0.15) is 29.0 Å². The first-order valence-electron chi connectivity index (χ1n) is 13.7. The number of aryl methyl sites for hydroxylation is 1. The Kier molecular flexibility index (Phi) is 9.62. The number of aliphatic carboxylic acids is 1. The van der Waals surface area contributed by atoms with E-state index in [0.29, 0.717) is 35.8 Å². The van der Waals surface area contributed by atoms with Gasteiger partial charge in [-0.15, -0.1) is 0 Å². The van der Waals surface area contributed by atoms with Crippen molar-refractivity contribution in [1.82, 2.24) is 9.88 Å². The molecule has 0 bridgehead atoms. The number of carboxylic acid groups (broad SMARTS) is 1. The lowest BCUT2D eigenvalue weighted by Gasteiger charge is -2.31.